The van der Waals surface area contributed by atoms with Crippen LogP contribution in [0.5, 0.6) is 11.5 Å². The summed E-state index contributed by atoms with van der Waals surface area (Å²) in [6.07, 6.45) is 3.32. The van der Waals surface area contributed by atoms with E-state index in [1.165, 1.54) is 0 Å². The van der Waals surface area contributed by atoms with Crippen molar-refractivity contribution < 1.29 is 14.3 Å². The zero-order valence-corrected chi connectivity index (χ0v) is 15.4. The molecule has 3 aromatic rings. The molecule has 4 nitrogen and oxygen atoms in total. The number of rotatable bonds is 5. The Morgan fingerprint density at radius 3 is 2.07 bits per heavy atom. The molecule has 1 aliphatic heterocycles. The Labute approximate surface area is 164 Å². The van der Waals surface area contributed by atoms with E-state index in [4.69, 9.17) is 9.47 Å². The Morgan fingerprint density at radius 2 is 1.43 bits per heavy atom. The molecule has 1 heterocycles. The molecule has 1 aliphatic rings. The van der Waals surface area contributed by atoms with Crippen molar-refractivity contribution in [1.29, 1.82) is 0 Å². The first-order chi connectivity index (χ1) is 13.8. The lowest BCUT2D eigenvalue weighted by Crippen LogP contribution is -2.27. The van der Waals surface area contributed by atoms with Crippen LogP contribution >= 0.6 is 0 Å². The quantitative estimate of drug-likeness (QED) is 0.677. The minimum Gasteiger partial charge on any atom is -0.486 e. The summed E-state index contributed by atoms with van der Waals surface area (Å²) < 4.78 is 11.1. The van der Waals surface area contributed by atoms with Crippen molar-refractivity contribution in [2.75, 3.05) is 13.2 Å². The van der Waals surface area contributed by atoms with E-state index in [0.29, 0.717) is 19.0 Å². The van der Waals surface area contributed by atoms with Crippen LogP contribution in [0.2, 0.25) is 0 Å². The largest absolute Gasteiger partial charge is 0.486 e. The van der Waals surface area contributed by atoms with Crippen LogP contribution in [0.3, 0.4) is 0 Å². The van der Waals surface area contributed by atoms with Crippen molar-refractivity contribution in [1.82, 2.24) is 5.32 Å². The van der Waals surface area contributed by atoms with Crippen LogP contribution in [0.1, 0.15) is 22.7 Å². The van der Waals surface area contributed by atoms with Gasteiger partial charge in [-0.05, 0) is 34.9 Å². The highest BCUT2D eigenvalue weighted by Crippen LogP contribution is 2.31. The van der Waals surface area contributed by atoms with E-state index in [1.807, 2.05) is 78.9 Å². The molecule has 4 rings (SSSR count). The highest BCUT2D eigenvalue weighted by atomic mass is 16.6. The van der Waals surface area contributed by atoms with Crippen molar-refractivity contribution >= 4 is 12.0 Å². The van der Waals surface area contributed by atoms with Crippen molar-refractivity contribution in [2.24, 2.45) is 0 Å². The molecule has 0 bridgehead atoms. The summed E-state index contributed by atoms with van der Waals surface area (Å²) in [6.45, 7) is 1.10. The number of fused-ring (bicyclic) bond motifs is 1. The first kappa shape index (κ1) is 17.9. The maximum atomic E-state index is 12.6. The van der Waals surface area contributed by atoms with E-state index < -0.39 is 0 Å². The molecule has 1 N–H and O–H groups in total. The van der Waals surface area contributed by atoms with Gasteiger partial charge in [0.05, 0.1) is 6.04 Å². The molecule has 0 saturated carbocycles. The van der Waals surface area contributed by atoms with Gasteiger partial charge in [0.1, 0.15) is 13.2 Å². The topological polar surface area (TPSA) is 47.6 Å². The van der Waals surface area contributed by atoms with Gasteiger partial charge in [0.15, 0.2) is 11.5 Å². The Kier molecular flexibility index (Phi) is 5.38. The molecule has 0 radical (unpaired) electrons. The van der Waals surface area contributed by atoms with Crippen molar-refractivity contribution in [3.63, 3.8) is 0 Å². The summed E-state index contributed by atoms with van der Waals surface area (Å²) in [5.41, 5.74) is 2.96. The Bertz CT molecular complexity index is 928. The second-order valence-corrected chi connectivity index (χ2v) is 6.50. The molecular formula is C24H21NO3. The van der Waals surface area contributed by atoms with Gasteiger partial charge >= 0.3 is 0 Å². The van der Waals surface area contributed by atoms with Crippen LogP contribution in [0.15, 0.2) is 84.9 Å². The monoisotopic (exact) mass is 371 g/mol. The Morgan fingerprint density at radius 1 is 0.821 bits per heavy atom. The number of hydrogen-bond donors (Lipinski definition) is 1. The summed E-state index contributed by atoms with van der Waals surface area (Å²) in [4.78, 5) is 12.6. The smallest absolute Gasteiger partial charge is 0.244 e. The third-order valence-electron chi connectivity index (χ3n) is 4.55. The fourth-order valence-corrected chi connectivity index (χ4v) is 3.18. The van der Waals surface area contributed by atoms with Gasteiger partial charge in [-0.1, -0.05) is 66.7 Å². The summed E-state index contributed by atoms with van der Waals surface area (Å²) in [5.74, 6) is 1.29. The molecule has 0 saturated heterocycles. The lowest BCUT2D eigenvalue weighted by Gasteiger charge is -2.19. The van der Waals surface area contributed by atoms with Crippen LogP contribution in [0, 0.1) is 0 Å². The summed E-state index contributed by atoms with van der Waals surface area (Å²) in [7, 11) is 0. The highest BCUT2D eigenvalue weighted by Gasteiger charge is 2.15. The maximum Gasteiger partial charge on any atom is 0.244 e. The van der Waals surface area contributed by atoms with Gasteiger partial charge in [0, 0.05) is 6.08 Å². The zero-order valence-electron chi connectivity index (χ0n) is 15.4. The average Bonchev–Trinajstić information content (AvgIpc) is 2.77. The number of benzene rings is 3. The second kappa shape index (κ2) is 8.44. The molecule has 140 valence electrons. The van der Waals surface area contributed by atoms with Gasteiger partial charge < -0.3 is 14.8 Å². The zero-order chi connectivity index (χ0) is 19.2. The molecule has 0 aliphatic carbocycles. The summed E-state index contributed by atoms with van der Waals surface area (Å²) in [5, 5.41) is 3.10. The highest BCUT2D eigenvalue weighted by molar-refractivity contribution is 5.92. The van der Waals surface area contributed by atoms with Gasteiger partial charge in [0.25, 0.3) is 0 Å². The summed E-state index contributed by atoms with van der Waals surface area (Å²) >= 11 is 0. The van der Waals surface area contributed by atoms with E-state index in [9.17, 15) is 4.79 Å². The van der Waals surface area contributed by atoms with E-state index in [0.717, 1.165) is 22.4 Å². The minimum atomic E-state index is -0.209. The van der Waals surface area contributed by atoms with Crippen LogP contribution in [0.25, 0.3) is 6.08 Å². The van der Waals surface area contributed by atoms with Crippen LogP contribution in [-0.4, -0.2) is 19.1 Å². The third-order valence-corrected chi connectivity index (χ3v) is 4.55. The molecule has 0 spiro atoms. The molecule has 0 fully saturated rings. The number of hydrogen-bond acceptors (Lipinski definition) is 3. The minimum absolute atomic E-state index is 0.160. The van der Waals surface area contributed by atoms with Crippen LogP contribution in [0.4, 0.5) is 0 Å². The van der Waals surface area contributed by atoms with Gasteiger partial charge in [-0.15, -0.1) is 0 Å². The molecule has 4 heteroatoms. The normalized spacial score (nSPS) is 12.9. The SMILES string of the molecule is O=C(C=Cc1ccc2c(c1)OCCO2)NC(c1ccccc1)c1ccccc1. The van der Waals surface area contributed by atoms with E-state index in [1.54, 1.807) is 12.2 Å². The van der Waals surface area contributed by atoms with Crippen molar-refractivity contribution in [3.8, 4) is 11.5 Å². The molecule has 28 heavy (non-hydrogen) atoms. The van der Waals surface area contributed by atoms with Gasteiger partial charge in [0.2, 0.25) is 5.91 Å². The maximum absolute atomic E-state index is 12.6. The molecule has 0 aromatic heterocycles. The van der Waals surface area contributed by atoms with Gasteiger partial charge in [-0.3, -0.25) is 4.79 Å². The molecular weight excluding hydrogens is 350 g/mol. The second-order valence-electron chi connectivity index (χ2n) is 6.50. The lowest BCUT2D eigenvalue weighted by atomic mass is 9.98. The Balaban J connectivity index is 1.51. The number of amides is 1. The number of nitrogens with one attached hydrogen (secondary N) is 1. The predicted octanol–water partition coefficient (Wildman–Crippen LogP) is 4.38. The standard InChI is InChI=1S/C24H21NO3/c26-23(14-12-18-11-13-21-22(17-18)28-16-15-27-21)25-24(19-7-3-1-4-8-19)20-9-5-2-6-10-20/h1-14,17,24H,15-16H2,(H,25,26). The van der Waals surface area contributed by atoms with Crippen molar-refractivity contribution in [2.45, 2.75) is 6.04 Å². The van der Waals surface area contributed by atoms with E-state index in [2.05, 4.69) is 5.32 Å². The fraction of sp³-hybridized carbons (Fsp3) is 0.125. The first-order valence-electron chi connectivity index (χ1n) is 9.28. The first-order valence-corrected chi connectivity index (χ1v) is 9.28. The van der Waals surface area contributed by atoms with E-state index >= 15 is 0 Å². The fourth-order valence-electron chi connectivity index (χ4n) is 3.18. The average molecular weight is 371 g/mol. The van der Waals surface area contributed by atoms with Gasteiger partial charge in [-0.25, -0.2) is 0 Å². The Hall–Kier alpha value is -3.53. The van der Waals surface area contributed by atoms with Crippen LogP contribution < -0.4 is 14.8 Å². The molecule has 3 aromatic carbocycles. The van der Waals surface area contributed by atoms with Crippen LogP contribution in [-0.2, 0) is 4.79 Å². The predicted molar refractivity (Wildman–Crippen MR) is 109 cm³/mol. The number of ether oxygens (including phenoxy) is 2. The number of carbonyl (C=O) groups is 1. The molecule has 1 amide bonds. The van der Waals surface area contributed by atoms with E-state index in [-0.39, 0.29) is 11.9 Å². The molecule has 0 unspecified atom stereocenters. The molecule has 0 atom stereocenters. The number of carbonyl (C=O) groups excluding carboxylic acids is 1. The summed E-state index contributed by atoms with van der Waals surface area (Å²) in [6, 6.07) is 25.3. The van der Waals surface area contributed by atoms with Crippen molar-refractivity contribution in [3.05, 3.63) is 102 Å². The third kappa shape index (κ3) is 4.23. The lowest BCUT2D eigenvalue weighted by molar-refractivity contribution is -0.116. The van der Waals surface area contributed by atoms with Gasteiger partial charge in [-0.2, -0.15) is 0 Å².